The molecule has 1 saturated heterocycles. The van der Waals surface area contributed by atoms with Gasteiger partial charge in [0.15, 0.2) is 0 Å². The Morgan fingerprint density at radius 1 is 1.21 bits per heavy atom. The van der Waals surface area contributed by atoms with Crippen molar-refractivity contribution in [2.24, 2.45) is 18.9 Å². The predicted molar refractivity (Wildman–Crippen MR) is 111 cm³/mol. The molecule has 1 aliphatic heterocycles. The Kier molecular flexibility index (Phi) is 6.10. The van der Waals surface area contributed by atoms with E-state index in [4.69, 9.17) is 0 Å². The molecule has 0 bridgehead atoms. The summed E-state index contributed by atoms with van der Waals surface area (Å²) >= 11 is 0. The normalized spacial score (nSPS) is 24.2. The van der Waals surface area contributed by atoms with Crippen molar-refractivity contribution in [1.82, 2.24) is 20.4 Å². The SMILES string of the molecule is Cn1cc([C@H]2CNC[C@@H]2C(=O)NC(CC2CCCCC2)c2ccccc2)cn1. The molecular weight excluding hydrogens is 348 g/mol. The smallest absolute Gasteiger partial charge is 0.225 e. The Morgan fingerprint density at radius 3 is 2.71 bits per heavy atom. The van der Waals surface area contributed by atoms with Crippen LogP contribution in [0.2, 0.25) is 0 Å². The molecule has 4 rings (SSSR count). The van der Waals surface area contributed by atoms with Crippen LogP contribution in [0.25, 0.3) is 0 Å². The average Bonchev–Trinajstić information content (AvgIpc) is 3.38. The minimum Gasteiger partial charge on any atom is -0.349 e. The quantitative estimate of drug-likeness (QED) is 0.806. The number of benzene rings is 1. The van der Waals surface area contributed by atoms with Gasteiger partial charge in [0.25, 0.3) is 0 Å². The number of nitrogens with one attached hydrogen (secondary N) is 2. The summed E-state index contributed by atoms with van der Waals surface area (Å²) in [4.78, 5) is 13.3. The number of nitrogens with zero attached hydrogens (tertiary/aromatic N) is 2. The summed E-state index contributed by atoms with van der Waals surface area (Å²) in [5.74, 6) is 1.04. The van der Waals surface area contributed by atoms with E-state index in [-0.39, 0.29) is 23.8 Å². The Hall–Kier alpha value is -2.14. The fourth-order valence-corrected chi connectivity index (χ4v) is 4.93. The van der Waals surface area contributed by atoms with Gasteiger partial charge in [-0.1, -0.05) is 62.4 Å². The maximum Gasteiger partial charge on any atom is 0.225 e. The Balaban J connectivity index is 1.48. The number of aryl methyl sites for hydroxylation is 1. The molecule has 3 atom stereocenters. The minimum absolute atomic E-state index is 0.0400. The van der Waals surface area contributed by atoms with E-state index in [1.165, 1.54) is 37.7 Å². The van der Waals surface area contributed by atoms with Gasteiger partial charge < -0.3 is 10.6 Å². The van der Waals surface area contributed by atoms with Crippen LogP contribution in [0.5, 0.6) is 0 Å². The second-order valence-corrected chi connectivity index (χ2v) is 8.53. The number of hydrogen-bond acceptors (Lipinski definition) is 3. The predicted octanol–water partition coefficient (Wildman–Crippen LogP) is 3.55. The molecule has 2 fully saturated rings. The lowest BCUT2D eigenvalue weighted by molar-refractivity contribution is -0.125. The highest BCUT2D eigenvalue weighted by atomic mass is 16.2. The third-order valence-corrected chi connectivity index (χ3v) is 6.52. The second-order valence-electron chi connectivity index (χ2n) is 8.53. The summed E-state index contributed by atoms with van der Waals surface area (Å²) < 4.78 is 1.82. The highest BCUT2D eigenvalue weighted by Crippen LogP contribution is 2.33. The second kappa shape index (κ2) is 8.91. The lowest BCUT2D eigenvalue weighted by Crippen LogP contribution is -2.37. The van der Waals surface area contributed by atoms with Crippen molar-refractivity contribution in [2.45, 2.75) is 50.5 Å². The molecule has 150 valence electrons. The van der Waals surface area contributed by atoms with Crippen molar-refractivity contribution >= 4 is 5.91 Å². The van der Waals surface area contributed by atoms with Gasteiger partial charge in [0.1, 0.15) is 0 Å². The van der Waals surface area contributed by atoms with Crippen molar-refractivity contribution in [3.8, 4) is 0 Å². The van der Waals surface area contributed by atoms with E-state index in [1.54, 1.807) is 0 Å². The monoisotopic (exact) mass is 380 g/mol. The summed E-state index contributed by atoms with van der Waals surface area (Å²) in [6.45, 7) is 1.57. The number of carbonyl (C=O) groups excluding carboxylic acids is 1. The lowest BCUT2D eigenvalue weighted by atomic mass is 9.83. The van der Waals surface area contributed by atoms with Crippen LogP contribution in [0.1, 0.15) is 61.6 Å². The molecule has 1 aliphatic carbocycles. The van der Waals surface area contributed by atoms with Gasteiger partial charge in [-0.2, -0.15) is 5.10 Å². The number of hydrogen-bond donors (Lipinski definition) is 2. The van der Waals surface area contributed by atoms with Gasteiger partial charge >= 0.3 is 0 Å². The van der Waals surface area contributed by atoms with E-state index in [0.29, 0.717) is 0 Å². The lowest BCUT2D eigenvalue weighted by Gasteiger charge is -2.29. The summed E-state index contributed by atoms with van der Waals surface area (Å²) in [6, 6.07) is 10.6. The van der Waals surface area contributed by atoms with E-state index in [1.807, 2.05) is 30.2 Å². The van der Waals surface area contributed by atoms with Gasteiger partial charge in [-0.05, 0) is 23.5 Å². The summed E-state index contributed by atoms with van der Waals surface area (Å²) in [6.07, 6.45) is 11.6. The number of rotatable bonds is 6. The topological polar surface area (TPSA) is 59.0 Å². The van der Waals surface area contributed by atoms with Crippen LogP contribution in [0.3, 0.4) is 0 Å². The molecule has 1 aromatic heterocycles. The Morgan fingerprint density at radius 2 is 2.00 bits per heavy atom. The molecule has 0 radical (unpaired) electrons. The van der Waals surface area contributed by atoms with Gasteiger partial charge in [0.05, 0.1) is 18.2 Å². The molecule has 1 amide bonds. The van der Waals surface area contributed by atoms with Crippen molar-refractivity contribution in [2.75, 3.05) is 13.1 Å². The third-order valence-electron chi connectivity index (χ3n) is 6.52. The highest BCUT2D eigenvalue weighted by molar-refractivity contribution is 5.81. The maximum absolute atomic E-state index is 13.3. The molecule has 2 aliphatic rings. The Bertz CT molecular complexity index is 766. The van der Waals surface area contributed by atoms with Crippen molar-refractivity contribution in [1.29, 1.82) is 0 Å². The molecule has 2 heterocycles. The zero-order valence-electron chi connectivity index (χ0n) is 16.8. The standard InChI is InChI=1S/C23H32N4O/c1-27-16-19(13-25-27)20-14-24-15-21(20)23(28)26-22(18-10-6-3-7-11-18)12-17-8-4-2-5-9-17/h3,6-7,10-11,13,16-17,20-22,24H,2,4-5,8-9,12,14-15H2,1H3,(H,26,28)/t20-,21+,22?/m1/s1. The summed E-state index contributed by atoms with van der Waals surface area (Å²) in [5.41, 5.74) is 2.38. The first-order valence-electron chi connectivity index (χ1n) is 10.8. The first-order chi connectivity index (χ1) is 13.7. The molecule has 5 nitrogen and oxygen atoms in total. The van der Waals surface area contributed by atoms with E-state index < -0.39 is 0 Å². The molecule has 5 heteroatoms. The molecule has 1 saturated carbocycles. The molecular formula is C23H32N4O. The van der Waals surface area contributed by atoms with E-state index in [2.05, 4.69) is 40.0 Å². The fraction of sp³-hybridized carbons (Fsp3) is 0.565. The van der Waals surface area contributed by atoms with E-state index >= 15 is 0 Å². The summed E-state index contributed by atoms with van der Waals surface area (Å²) in [7, 11) is 1.93. The van der Waals surface area contributed by atoms with E-state index in [0.717, 1.165) is 31.0 Å². The molecule has 2 aromatic rings. The fourth-order valence-electron chi connectivity index (χ4n) is 4.93. The Labute approximate surface area is 167 Å². The van der Waals surface area contributed by atoms with E-state index in [9.17, 15) is 4.79 Å². The van der Waals surface area contributed by atoms with Crippen molar-refractivity contribution < 1.29 is 4.79 Å². The first kappa shape index (κ1) is 19.2. The van der Waals surface area contributed by atoms with Gasteiger partial charge in [0.2, 0.25) is 5.91 Å². The number of aromatic nitrogens is 2. The number of amides is 1. The molecule has 1 aromatic carbocycles. The highest BCUT2D eigenvalue weighted by Gasteiger charge is 2.36. The minimum atomic E-state index is -0.0400. The van der Waals surface area contributed by atoms with Crippen LogP contribution >= 0.6 is 0 Å². The van der Waals surface area contributed by atoms with Gasteiger partial charge in [-0.3, -0.25) is 9.48 Å². The van der Waals surface area contributed by atoms with Crippen LogP contribution in [0.4, 0.5) is 0 Å². The first-order valence-corrected chi connectivity index (χ1v) is 10.8. The number of carbonyl (C=O) groups is 1. The zero-order valence-corrected chi connectivity index (χ0v) is 16.8. The van der Waals surface area contributed by atoms with Crippen molar-refractivity contribution in [3.63, 3.8) is 0 Å². The zero-order chi connectivity index (χ0) is 19.3. The molecule has 0 spiro atoms. The molecule has 1 unspecified atom stereocenters. The van der Waals surface area contributed by atoms with Crippen LogP contribution in [0, 0.1) is 11.8 Å². The van der Waals surface area contributed by atoms with Gasteiger partial charge in [-0.25, -0.2) is 0 Å². The van der Waals surface area contributed by atoms with Crippen molar-refractivity contribution in [3.05, 3.63) is 53.9 Å². The third kappa shape index (κ3) is 4.46. The maximum atomic E-state index is 13.3. The van der Waals surface area contributed by atoms with Crippen LogP contribution in [-0.4, -0.2) is 28.8 Å². The van der Waals surface area contributed by atoms with Crippen LogP contribution in [-0.2, 0) is 11.8 Å². The van der Waals surface area contributed by atoms with Gasteiger partial charge in [-0.15, -0.1) is 0 Å². The molecule has 2 N–H and O–H groups in total. The van der Waals surface area contributed by atoms with Crippen LogP contribution < -0.4 is 10.6 Å². The van der Waals surface area contributed by atoms with Crippen LogP contribution in [0.15, 0.2) is 42.7 Å². The summed E-state index contributed by atoms with van der Waals surface area (Å²) in [5, 5.41) is 11.1. The van der Waals surface area contributed by atoms with Gasteiger partial charge in [0, 0.05) is 32.3 Å². The largest absolute Gasteiger partial charge is 0.349 e. The molecule has 28 heavy (non-hydrogen) atoms. The average molecular weight is 381 g/mol.